The molecular weight excluding hydrogens is 474 g/mol. The molecule has 0 bridgehead atoms. The number of benzene rings is 2. The van der Waals surface area contributed by atoms with Crippen molar-refractivity contribution in [1.29, 1.82) is 0 Å². The predicted molar refractivity (Wildman–Crippen MR) is 156 cm³/mol. The van der Waals surface area contributed by atoms with Crippen molar-refractivity contribution in [2.24, 2.45) is 11.3 Å². The minimum Gasteiger partial charge on any atom is -0.469 e. The zero-order chi connectivity index (χ0) is 27.6. The highest BCUT2D eigenvalue weighted by molar-refractivity contribution is 5.79. The number of aryl methyl sites for hydroxylation is 1. The maximum atomic E-state index is 13.1. The van der Waals surface area contributed by atoms with Crippen LogP contribution in [0.25, 0.3) is 0 Å². The number of carbonyl (C=O) groups is 1. The second-order valence-corrected chi connectivity index (χ2v) is 11.9. The summed E-state index contributed by atoms with van der Waals surface area (Å²) in [4.78, 5) is 15.7. The van der Waals surface area contributed by atoms with Gasteiger partial charge >= 0.3 is 5.97 Å². The van der Waals surface area contributed by atoms with E-state index >= 15 is 0 Å². The third-order valence-corrected chi connectivity index (χ3v) is 8.83. The van der Waals surface area contributed by atoms with Crippen molar-refractivity contribution in [2.75, 3.05) is 38.3 Å². The first-order valence-corrected chi connectivity index (χ1v) is 14.2. The second-order valence-electron chi connectivity index (χ2n) is 11.9. The molecule has 6 nitrogen and oxygen atoms in total. The fourth-order valence-corrected chi connectivity index (χ4v) is 6.16. The van der Waals surface area contributed by atoms with Gasteiger partial charge in [0.1, 0.15) is 0 Å². The molecule has 38 heavy (non-hydrogen) atoms. The zero-order valence-electron chi connectivity index (χ0n) is 24.4. The van der Waals surface area contributed by atoms with Crippen LogP contribution < -0.4 is 11.1 Å². The molecule has 1 saturated heterocycles. The van der Waals surface area contributed by atoms with Gasteiger partial charge in [-0.05, 0) is 93.2 Å². The Morgan fingerprint density at radius 1 is 1.21 bits per heavy atom. The lowest BCUT2D eigenvalue weighted by atomic mass is 9.69. The second kappa shape index (κ2) is 11.7. The van der Waals surface area contributed by atoms with Gasteiger partial charge in [-0.25, -0.2) is 0 Å². The fraction of sp³-hybridized carbons (Fsp3) is 0.594. The number of anilines is 2. The topological polar surface area (TPSA) is 76.8 Å². The Morgan fingerprint density at radius 3 is 2.58 bits per heavy atom. The fourth-order valence-electron chi connectivity index (χ4n) is 6.16. The van der Waals surface area contributed by atoms with Crippen molar-refractivity contribution in [3.05, 3.63) is 58.1 Å². The highest BCUT2D eigenvalue weighted by atomic mass is 16.5. The Balaban J connectivity index is 1.70. The highest BCUT2D eigenvalue weighted by Crippen LogP contribution is 2.45. The molecule has 2 aliphatic rings. The molecule has 2 aromatic carbocycles. The first-order valence-electron chi connectivity index (χ1n) is 14.2. The molecule has 0 aromatic heterocycles. The van der Waals surface area contributed by atoms with Crippen molar-refractivity contribution in [1.82, 2.24) is 4.90 Å². The van der Waals surface area contributed by atoms with Crippen LogP contribution in [0.5, 0.6) is 0 Å². The van der Waals surface area contributed by atoms with E-state index in [4.69, 9.17) is 15.2 Å². The number of ether oxygens (including phenoxy) is 2. The molecule has 0 amide bonds. The van der Waals surface area contributed by atoms with Crippen LogP contribution in [0, 0.1) is 25.2 Å². The van der Waals surface area contributed by atoms with Crippen LogP contribution in [0.15, 0.2) is 30.3 Å². The van der Waals surface area contributed by atoms with E-state index in [1.807, 2.05) is 33.9 Å². The lowest BCUT2D eigenvalue weighted by Crippen LogP contribution is -2.34. The summed E-state index contributed by atoms with van der Waals surface area (Å²) >= 11 is 0. The molecule has 3 N–H and O–H groups in total. The summed E-state index contributed by atoms with van der Waals surface area (Å²) in [6.07, 6.45) is 5.48. The standard InChI is InChI=1S/C32H47N3O3/c1-8-25-19-35(16-15-28(38-25)22-11-12-22)18-24-17-23(10-9-20(24)2)29(32(4,5)31(36)37-7)26-13-14-27(34-6)30(33)21(26)3/h9-10,13-14,17,22,25,28-29,34H,8,11-12,15-16,18-19,33H2,1-7H3. The van der Waals surface area contributed by atoms with E-state index < -0.39 is 5.41 Å². The molecule has 6 heteroatoms. The Bertz CT molecular complexity index is 1140. The van der Waals surface area contributed by atoms with Gasteiger partial charge in [-0.1, -0.05) is 31.2 Å². The molecule has 2 fully saturated rings. The Kier molecular flexibility index (Phi) is 8.73. The zero-order valence-corrected chi connectivity index (χ0v) is 24.4. The average molecular weight is 522 g/mol. The molecule has 4 rings (SSSR count). The smallest absolute Gasteiger partial charge is 0.312 e. The van der Waals surface area contributed by atoms with Crippen LogP contribution in [0.4, 0.5) is 11.4 Å². The van der Waals surface area contributed by atoms with Crippen molar-refractivity contribution in [2.45, 2.75) is 85.0 Å². The largest absolute Gasteiger partial charge is 0.469 e. The predicted octanol–water partition coefficient (Wildman–Crippen LogP) is 6.04. The molecule has 2 aromatic rings. The van der Waals surface area contributed by atoms with E-state index in [0.717, 1.165) is 60.8 Å². The summed E-state index contributed by atoms with van der Waals surface area (Å²) in [7, 11) is 3.34. The molecule has 1 saturated carbocycles. The number of nitrogens with two attached hydrogens (primary N) is 1. The number of carbonyl (C=O) groups excluding carboxylic acids is 1. The van der Waals surface area contributed by atoms with E-state index in [2.05, 4.69) is 48.3 Å². The third kappa shape index (κ3) is 5.86. The number of nitrogens with one attached hydrogen (secondary N) is 1. The maximum absolute atomic E-state index is 13.1. The number of nitrogen functional groups attached to an aromatic ring is 1. The average Bonchev–Trinajstić information content (AvgIpc) is 3.75. The SMILES string of the molecule is CCC1CN(Cc2cc(C(c3ccc(NC)c(N)c3C)C(C)(C)C(=O)OC)ccc2C)CCC(C2CC2)O1. The lowest BCUT2D eigenvalue weighted by molar-refractivity contribution is -0.151. The maximum Gasteiger partial charge on any atom is 0.312 e. The summed E-state index contributed by atoms with van der Waals surface area (Å²) in [5.41, 5.74) is 13.0. The lowest BCUT2D eigenvalue weighted by Gasteiger charge is -2.35. The first kappa shape index (κ1) is 28.4. The van der Waals surface area contributed by atoms with Gasteiger partial charge in [-0.2, -0.15) is 0 Å². The Morgan fingerprint density at radius 2 is 1.95 bits per heavy atom. The van der Waals surface area contributed by atoms with Crippen molar-refractivity contribution in [3.8, 4) is 0 Å². The van der Waals surface area contributed by atoms with Crippen LogP contribution in [-0.4, -0.2) is 50.3 Å². The van der Waals surface area contributed by atoms with Crippen LogP contribution in [0.2, 0.25) is 0 Å². The number of hydrogen-bond donors (Lipinski definition) is 2. The molecule has 1 aliphatic heterocycles. The Hall–Kier alpha value is -2.57. The van der Waals surface area contributed by atoms with Gasteiger partial charge in [-0.15, -0.1) is 0 Å². The summed E-state index contributed by atoms with van der Waals surface area (Å²) in [6.45, 7) is 13.3. The molecule has 3 atom stereocenters. The quantitative estimate of drug-likeness (QED) is 0.310. The van der Waals surface area contributed by atoms with Gasteiger partial charge in [0.25, 0.3) is 0 Å². The van der Waals surface area contributed by atoms with Gasteiger partial charge in [-0.3, -0.25) is 9.69 Å². The molecule has 1 aliphatic carbocycles. The highest BCUT2D eigenvalue weighted by Gasteiger charge is 2.41. The molecular formula is C32H47N3O3. The number of hydrogen-bond acceptors (Lipinski definition) is 6. The molecule has 3 unspecified atom stereocenters. The summed E-state index contributed by atoms with van der Waals surface area (Å²) in [5.74, 6) is 0.319. The number of esters is 1. The van der Waals surface area contributed by atoms with E-state index in [1.54, 1.807) is 0 Å². The van der Waals surface area contributed by atoms with Gasteiger partial charge in [0.2, 0.25) is 0 Å². The Labute approximate surface area is 229 Å². The van der Waals surface area contributed by atoms with Gasteiger partial charge in [0.05, 0.1) is 36.1 Å². The minimum atomic E-state index is -0.791. The van der Waals surface area contributed by atoms with Crippen LogP contribution >= 0.6 is 0 Å². The molecule has 0 spiro atoms. The van der Waals surface area contributed by atoms with Crippen molar-refractivity contribution in [3.63, 3.8) is 0 Å². The monoisotopic (exact) mass is 521 g/mol. The summed E-state index contributed by atoms with van der Waals surface area (Å²) in [5, 5.41) is 3.17. The number of rotatable bonds is 9. The minimum absolute atomic E-state index is 0.211. The van der Waals surface area contributed by atoms with E-state index in [9.17, 15) is 4.79 Å². The third-order valence-electron chi connectivity index (χ3n) is 8.83. The van der Waals surface area contributed by atoms with E-state index in [-0.39, 0.29) is 18.0 Å². The van der Waals surface area contributed by atoms with Crippen LogP contribution in [0.1, 0.15) is 80.2 Å². The molecule has 208 valence electrons. The van der Waals surface area contributed by atoms with Gasteiger partial charge in [0.15, 0.2) is 0 Å². The first-order chi connectivity index (χ1) is 18.1. The van der Waals surface area contributed by atoms with E-state index in [1.165, 1.54) is 31.1 Å². The molecule has 1 heterocycles. The van der Waals surface area contributed by atoms with E-state index in [0.29, 0.717) is 11.8 Å². The van der Waals surface area contributed by atoms with Gasteiger partial charge in [0, 0.05) is 32.6 Å². The summed E-state index contributed by atoms with van der Waals surface area (Å²) < 4.78 is 11.8. The van der Waals surface area contributed by atoms with Crippen LogP contribution in [0.3, 0.4) is 0 Å². The van der Waals surface area contributed by atoms with Gasteiger partial charge < -0.3 is 20.5 Å². The van der Waals surface area contributed by atoms with Crippen LogP contribution in [-0.2, 0) is 20.8 Å². The molecule has 0 radical (unpaired) electrons. The number of methoxy groups -OCH3 is 1. The van der Waals surface area contributed by atoms with Crippen molar-refractivity contribution >= 4 is 17.3 Å². The normalized spacial score (nSPS) is 21.6. The summed E-state index contributed by atoms with van der Waals surface area (Å²) in [6, 6.07) is 10.8. The van der Waals surface area contributed by atoms with Crippen molar-refractivity contribution < 1.29 is 14.3 Å². The number of nitrogens with zero attached hydrogens (tertiary/aromatic N) is 1.